The molecule has 0 bridgehead atoms. The Bertz CT molecular complexity index is 642. The van der Waals surface area contributed by atoms with Crippen molar-refractivity contribution in [3.05, 3.63) is 63.1 Å². The van der Waals surface area contributed by atoms with Crippen LogP contribution >= 0.6 is 15.9 Å². The van der Waals surface area contributed by atoms with Gasteiger partial charge in [0.25, 0.3) is 0 Å². The van der Waals surface area contributed by atoms with E-state index >= 15 is 0 Å². The number of nitrogens with zero attached hydrogens (tertiary/aromatic N) is 1. The van der Waals surface area contributed by atoms with Gasteiger partial charge in [0.15, 0.2) is 0 Å². The van der Waals surface area contributed by atoms with Crippen molar-refractivity contribution in [3.63, 3.8) is 0 Å². The van der Waals surface area contributed by atoms with Crippen LogP contribution in [0.1, 0.15) is 22.3 Å². The lowest BCUT2D eigenvalue weighted by atomic mass is 10.1. The maximum Gasteiger partial charge on any atom is 0.102 e. The van der Waals surface area contributed by atoms with E-state index in [2.05, 4.69) is 52.4 Å². The number of halogens is 1. The first-order valence-corrected chi connectivity index (χ1v) is 6.89. The molecule has 96 valence electrons. The molecule has 2 aromatic carbocycles. The van der Waals surface area contributed by atoms with Crippen molar-refractivity contribution in [2.24, 2.45) is 0 Å². The standard InChI is InChI=1S/C16H15BrN2/c1-11-4-3-5-16(14(11)9-18)19-10-13-7-6-12(2)15(17)8-13/h3-8,19H,10H2,1-2H3. The Kier molecular flexibility index (Phi) is 4.24. The second-order valence-electron chi connectivity index (χ2n) is 4.55. The van der Waals surface area contributed by atoms with Gasteiger partial charge in [-0.1, -0.05) is 40.2 Å². The quantitative estimate of drug-likeness (QED) is 0.902. The highest BCUT2D eigenvalue weighted by atomic mass is 79.9. The second-order valence-corrected chi connectivity index (χ2v) is 5.40. The van der Waals surface area contributed by atoms with Crippen LogP contribution in [0, 0.1) is 25.2 Å². The summed E-state index contributed by atoms with van der Waals surface area (Å²) in [6.45, 7) is 4.72. The smallest absolute Gasteiger partial charge is 0.102 e. The van der Waals surface area contributed by atoms with Crippen LogP contribution in [0.4, 0.5) is 5.69 Å². The summed E-state index contributed by atoms with van der Waals surface area (Å²) in [5, 5.41) is 12.5. The second kappa shape index (κ2) is 5.90. The van der Waals surface area contributed by atoms with Crippen LogP contribution in [-0.4, -0.2) is 0 Å². The topological polar surface area (TPSA) is 35.8 Å². The van der Waals surface area contributed by atoms with Gasteiger partial charge in [0.05, 0.1) is 11.3 Å². The van der Waals surface area contributed by atoms with Gasteiger partial charge in [-0.3, -0.25) is 0 Å². The van der Waals surface area contributed by atoms with Crippen molar-refractivity contribution in [2.45, 2.75) is 20.4 Å². The zero-order chi connectivity index (χ0) is 13.8. The number of anilines is 1. The Morgan fingerprint density at radius 2 is 1.95 bits per heavy atom. The molecule has 0 amide bonds. The lowest BCUT2D eigenvalue weighted by Gasteiger charge is -2.10. The van der Waals surface area contributed by atoms with Crippen molar-refractivity contribution in [2.75, 3.05) is 5.32 Å². The van der Waals surface area contributed by atoms with E-state index in [0.29, 0.717) is 12.1 Å². The number of rotatable bonds is 3. The maximum absolute atomic E-state index is 9.18. The highest BCUT2D eigenvalue weighted by Crippen LogP contribution is 2.21. The van der Waals surface area contributed by atoms with Gasteiger partial charge in [-0.05, 0) is 42.7 Å². The molecule has 0 aromatic heterocycles. The summed E-state index contributed by atoms with van der Waals surface area (Å²) in [5.74, 6) is 0. The Labute approximate surface area is 122 Å². The number of aryl methyl sites for hydroxylation is 2. The van der Waals surface area contributed by atoms with Gasteiger partial charge in [0.2, 0.25) is 0 Å². The van der Waals surface area contributed by atoms with E-state index in [9.17, 15) is 5.26 Å². The van der Waals surface area contributed by atoms with Gasteiger partial charge in [0.1, 0.15) is 6.07 Å². The van der Waals surface area contributed by atoms with Crippen LogP contribution in [0.15, 0.2) is 40.9 Å². The number of hydrogen-bond acceptors (Lipinski definition) is 2. The highest BCUT2D eigenvalue weighted by Gasteiger charge is 2.04. The maximum atomic E-state index is 9.18. The third kappa shape index (κ3) is 3.15. The summed E-state index contributed by atoms with van der Waals surface area (Å²) >= 11 is 3.53. The van der Waals surface area contributed by atoms with Crippen LogP contribution in [0.5, 0.6) is 0 Å². The largest absolute Gasteiger partial charge is 0.380 e. The van der Waals surface area contributed by atoms with Crippen molar-refractivity contribution in [3.8, 4) is 6.07 Å². The minimum atomic E-state index is 0.705. The highest BCUT2D eigenvalue weighted by molar-refractivity contribution is 9.10. The zero-order valence-corrected chi connectivity index (χ0v) is 12.6. The predicted molar refractivity (Wildman–Crippen MR) is 82.1 cm³/mol. The summed E-state index contributed by atoms with van der Waals surface area (Å²) in [6, 6.07) is 14.4. The fourth-order valence-electron chi connectivity index (χ4n) is 1.91. The third-order valence-electron chi connectivity index (χ3n) is 3.10. The third-order valence-corrected chi connectivity index (χ3v) is 3.96. The molecule has 0 aliphatic carbocycles. The van der Waals surface area contributed by atoms with Crippen LogP contribution in [0.25, 0.3) is 0 Å². The Morgan fingerprint density at radius 1 is 1.16 bits per heavy atom. The molecular formula is C16H15BrN2. The number of nitriles is 1. The normalized spacial score (nSPS) is 10.0. The molecule has 2 aromatic rings. The fraction of sp³-hybridized carbons (Fsp3) is 0.188. The van der Waals surface area contributed by atoms with E-state index < -0.39 is 0 Å². The predicted octanol–water partition coefficient (Wildman–Crippen LogP) is 4.55. The Morgan fingerprint density at radius 3 is 2.63 bits per heavy atom. The minimum Gasteiger partial charge on any atom is -0.380 e. The fourth-order valence-corrected chi connectivity index (χ4v) is 2.33. The molecule has 0 saturated carbocycles. The van der Waals surface area contributed by atoms with Gasteiger partial charge < -0.3 is 5.32 Å². The summed E-state index contributed by atoms with van der Waals surface area (Å²) in [5.41, 5.74) is 5.00. The summed E-state index contributed by atoms with van der Waals surface area (Å²) in [6.07, 6.45) is 0. The summed E-state index contributed by atoms with van der Waals surface area (Å²) in [4.78, 5) is 0. The van der Waals surface area contributed by atoms with E-state index in [0.717, 1.165) is 15.7 Å². The van der Waals surface area contributed by atoms with E-state index in [1.165, 1.54) is 11.1 Å². The van der Waals surface area contributed by atoms with Crippen LogP contribution < -0.4 is 5.32 Å². The molecule has 2 nitrogen and oxygen atoms in total. The summed E-state index contributed by atoms with van der Waals surface area (Å²) < 4.78 is 1.11. The van der Waals surface area contributed by atoms with E-state index in [-0.39, 0.29) is 0 Å². The molecule has 0 heterocycles. The number of nitrogens with one attached hydrogen (secondary N) is 1. The first kappa shape index (κ1) is 13.6. The van der Waals surface area contributed by atoms with Crippen molar-refractivity contribution < 1.29 is 0 Å². The molecule has 19 heavy (non-hydrogen) atoms. The molecule has 0 atom stereocenters. The molecule has 1 N–H and O–H groups in total. The van der Waals surface area contributed by atoms with E-state index in [1.54, 1.807) is 0 Å². The minimum absolute atomic E-state index is 0.705. The van der Waals surface area contributed by atoms with Crippen LogP contribution in [0.3, 0.4) is 0 Å². The van der Waals surface area contributed by atoms with E-state index in [4.69, 9.17) is 0 Å². The van der Waals surface area contributed by atoms with Crippen molar-refractivity contribution in [1.29, 1.82) is 5.26 Å². The summed E-state index contributed by atoms with van der Waals surface area (Å²) in [7, 11) is 0. The van der Waals surface area contributed by atoms with Gasteiger partial charge in [-0.2, -0.15) is 5.26 Å². The van der Waals surface area contributed by atoms with Crippen LogP contribution in [-0.2, 0) is 6.54 Å². The average Bonchev–Trinajstić information content (AvgIpc) is 2.40. The van der Waals surface area contributed by atoms with Crippen molar-refractivity contribution >= 4 is 21.6 Å². The van der Waals surface area contributed by atoms with Gasteiger partial charge in [-0.25, -0.2) is 0 Å². The first-order chi connectivity index (χ1) is 9.11. The van der Waals surface area contributed by atoms with Gasteiger partial charge in [-0.15, -0.1) is 0 Å². The molecule has 0 aliphatic heterocycles. The molecule has 0 radical (unpaired) electrons. The number of hydrogen-bond donors (Lipinski definition) is 1. The Hall–Kier alpha value is -1.79. The molecule has 0 unspecified atom stereocenters. The molecule has 0 spiro atoms. The van der Waals surface area contributed by atoms with Crippen LogP contribution in [0.2, 0.25) is 0 Å². The average molecular weight is 315 g/mol. The van der Waals surface area contributed by atoms with Gasteiger partial charge >= 0.3 is 0 Å². The molecule has 2 rings (SSSR count). The molecule has 0 fully saturated rings. The first-order valence-electron chi connectivity index (χ1n) is 6.10. The lowest BCUT2D eigenvalue weighted by Crippen LogP contribution is -2.02. The Balaban J connectivity index is 2.17. The molecule has 0 saturated heterocycles. The van der Waals surface area contributed by atoms with Crippen molar-refractivity contribution in [1.82, 2.24) is 0 Å². The number of benzene rings is 2. The zero-order valence-electron chi connectivity index (χ0n) is 11.0. The molecular weight excluding hydrogens is 300 g/mol. The molecule has 3 heteroatoms. The van der Waals surface area contributed by atoms with E-state index in [1.807, 2.05) is 25.1 Å². The molecule has 0 aliphatic rings. The monoisotopic (exact) mass is 314 g/mol. The SMILES string of the molecule is Cc1ccc(CNc2cccc(C)c2C#N)cc1Br. The lowest BCUT2D eigenvalue weighted by molar-refractivity contribution is 1.13. The van der Waals surface area contributed by atoms with Gasteiger partial charge in [0, 0.05) is 11.0 Å².